The number of nitro groups is 1. The Bertz CT molecular complexity index is 677. The molecule has 0 saturated carbocycles. The van der Waals surface area contributed by atoms with Gasteiger partial charge in [0.1, 0.15) is 6.20 Å². The zero-order chi connectivity index (χ0) is 14.0. The van der Waals surface area contributed by atoms with Crippen LogP contribution in [0.15, 0.2) is 33.8 Å². The van der Waals surface area contributed by atoms with Gasteiger partial charge in [-0.2, -0.15) is 0 Å². The number of aromatic nitrogens is 1. The Hall–Kier alpha value is -1.67. The molecule has 0 aliphatic rings. The number of rotatable bonds is 4. The molecule has 0 bridgehead atoms. The first-order chi connectivity index (χ1) is 8.99. The predicted octanol–water partition coefficient (Wildman–Crippen LogP) is 3.08. The number of aliphatic carboxylic acids is 1. The molecular formula is C11H7BrN2O4S. The van der Waals surface area contributed by atoms with Gasteiger partial charge in [0.25, 0.3) is 0 Å². The number of carbonyl (C=O) groups is 1. The van der Waals surface area contributed by atoms with Crippen LogP contribution in [0.5, 0.6) is 0 Å². The summed E-state index contributed by atoms with van der Waals surface area (Å²) in [5, 5.41) is 20.3. The molecule has 0 saturated heterocycles. The second-order valence-corrected chi connectivity index (χ2v) is 5.47. The minimum absolute atomic E-state index is 0.183. The monoisotopic (exact) mass is 342 g/mol. The average molecular weight is 343 g/mol. The van der Waals surface area contributed by atoms with Gasteiger partial charge in [-0.15, -0.1) is 11.8 Å². The lowest BCUT2D eigenvalue weighted by Gasteiger charge is -2.06. The van der Waals surface area contributed by atoms with Crippen molar-refractivity contribution in [2.45, 2.75) is 4.90 Å². The van der Waals surface area contributed by atoms with Gasteiger partial charge in [0, 0.05) is 9.86 Å². The smallest absolute Gasteiger partial charge is 0.313 e. The second kappa shape index (κ2) is 5.54. The minimum Gasteiger partial charge on any atom is -0.481 e. The predicted molar refractivity (Wildman–Crippen MR) is 74.5 cm³/mol. The Morgan fingerprint density at radius 1 is 1.53 bits per heavy atom. The summed E-state index contributed by atoms with van der Waals surface area (Å²) in [7, 11) is 0. The molecule has 1 N–H and O–H groups in total. The van der Waals surface area contributed by atoms with Crippen molar-refractivity contribution in [3.05, 3.63) is 39.0 Å². The number of hydrogen-bond donors (Lipinski definition) is 1. The van der Waals surface area contributed by atoms with E-state index >= 15 is 0 Å². The van der Waals surface area contributed by atoms with E-state index in [1.165, 1.54) is 0 Å². The standard InChI is InChI=1S/C11H7BrN2O4S/c12-6-1-2-8-7(3-6)11(19-5-10(15)16)9(4-13-8)14(17)18/h1-4H,5H2,(H,15,16). The fourth-order valence-electron chi connectivity index (χ4n) is 1.55. The molecule has 98 valence electrons. The molecule has 0 spiro atoms. The number of halogens is 1. The van der Waals surface area contributed by atoms with E-state index in [1.807, 2.05) is 0 Å². The van der Waals surface area contributed by atoms with Gasteiger partial charge < -0.3 is 5.11 Å². The van der Waals surface area contributed by atoms with Crippen molar-refractivity contribution in [1.29, 1.82) is 0 Å². The van der Waals surface area contributed by atoms with Gasteiger partial charge in [0.05, 0.1) is 21.1 Å². The van der Waals surface area contributed by atoms with Crippen molar-refractivity contribution in [2.24, 2.45) is 0 Å². The summed E-state index contributed by atoms with van der Waals surface area (Å²) < 4.78 is 0.750. The highest BCUT2D eigenvalue weighted by Crippen LogP contribution is 2.36. The van der Waals surface area contributed by atoms with Crippen LogP contribution in [0.2, 0.25) is 0 Å². The maximum atomic E-state index is 11.0. The Morgan fingerprint density at radius 3 is 2.89 bits per heavy atom. The summed E-state index contributed by atoms with van der Waals surface area (Å²) >= 11 is 4.20. The molecule has 19 heavy (non-hydrogen) atoms. The van der Waals surface area contributed by atoms with Crippen molar-refractivity contribution >= 4 is 50.3 Å². The maximum absolute atomic E-state index is 11.0. The molecule has 6 nitrogen and oxygen atoms in total. The van der Waals surface area contributed by atoms with Gasteiger partial charge in [-0.1, -0.05) is 15.9 Å². The first kappa shape index (κ1) is 13.8. The summed E-state index contributed by atoms with van der Waals surface area (Å²) in [6, 6.07) is 5.18. The molecule has 8 heteroatoms. The second-order valence-electron chi connectivity index (χ2n) is 3.57. The molecule has 0 atom stereocenters. The number of fused-ring (bicyclic) bond motifs is 1. The van der Waals surface area contributed by atoms with E-state index in [-0.39, 0.29) is 11.4 Å². The zero-order valence-corrected chi connectivity index (χ0v) is 11.8. The van der Waals surface area contributed by atoms with Gasteiger partial charge in [-0.05, 0) is 18.2 Å². The topological polar surface area (TPSA) is 93.3 Å². The number of benzene rings is 1. The number of carboxylic acids is 1. The third-order valence-corrected chi connectivity index (χ3v) is 3.90. The van der Waals surface area contributed by atoms with E-state index in [4.69, 9.17) is 5.11 Å². The average Bonchev–Trinajstić information content (AvgIpc) is 2.35. The van der Waals surface area contributed by atoms with Crippen LogP contribution in [0, 0.1) is 10.1 Å². The van der Waals surface area contributed by atoms with Crippen LogP contribution in [0.25, 0.3) is 10.9 Å². The van der Waals surface area contributed by atoms with Crippen molar-refractivity contribution in [3.63, 3.8) is 0 Å². The van der Waals surface area contributed by atoms with Crippen molar-refractivity contribution in [1.82, 2.24) is 4.98 Å². The Morgan fingerprint density at radius 2 is 2.26 bits per heavy atom. The molecule has 0 aliphatic carbocycles. The third-order valence-electron chi connectivity index (χ3n) is 2.30. The lowest BCUT2D eigenvalue weighted by molar-refractivity contribution is -0.387. The van der Waals surface area contributed by atoms with Crippen LogP contribution in [-0.2, 0) is 4.79 Å². The summed E-state index contributed by atoms with van der Waals surface area (Å²) in [5.41, 5.74) is 0.401. The molecule has 0 aliphatic heterocycles. The highest BCUT2D eigenvalue weighted by molar-refractivity contribution is 9.10. The Balaban J connectivity index is 2.64. The SMILES string of the molecule is O=C(O)CSc1c([N+](=O)[O-])cnc2ccc(Br)cc12. The van der Waals surface area contributed by atoms with E-state index < -0.39 is 10.9 Å². The molecule has 2 rings (SSSR count). The molecule has 0 amide bonds. The minimum atomic E-state index is -1.03. The van der Waals surface area contributed by atoms with Crippen molar-refractivity contribution < 1.29 is 14.8 Å². The fraction of sp³-hybridized carbons (Fsp3) is 0.0909. The first-order valence-electron chi connectivity index (χ1n) is 5.06. The summed E-state index contributed by atoms with van der Waals surface area (Å²) in [6.07, 6.45) is 1.15. The van der Waals surface area contributed by atoms with Gasteiger partial charge >= 0.3 is 11.7 Å². The highest BCUT2D eigenvalue weighted by Gasteiger charge is 2.19. The summed E-state index contributed by atoms with van der Waals surface area (Å²) in [4.78, 5) is 25.4. The molecule has 0 fully saturated rings. The van der Waals surface area contributed by atoms with Gasteiger partial charge in [-0.25, -0.2) is 4.98 Å². The first-order valence-corrected chi connectivity index (χ1v) is 6.84. The molecular weight excluding hydrogens is 336 g/mol. The number of hydrogen-bond acceptors (Lipinski definition) is 5. The van der Waals surface area contributed by atoms with Crippen LogP contribution in [0.4, 0.5) is 5.69 Å². The van der Waals surface area contributed by atoms with Crippen LogP contribution >= 0.6 is 27.7 Å². The highest BCUT2D eigenvalue weighted by atomic mass is 79.9. The van der Waals surface area contributed by atoms with Gasteiger partial charge in [-0.3, -0.25) is 14.9 Å². The van der Waals surface area contributed by atoms with Crippen LogP contribution < -0.4 is 0 Å². The van der Waals surface area contributed by atoms with E-state index in [2.05, 4.69) is 20.9 Å². The molecule has 1 heterocycles. The molecule has 2 aromatic rings. The zero-order valence-electron chi connectivity index (χ0n) is 9.37. The Kier molecular flexibility index (Phi) is 4.01. The van der Waals surface area contributed by atoms with E-state index in [0.717, 1.165) is 22.4 Å². The van der Waals surface area contributed by atoms with Crippen LogP contribution in [0.3, 0.4) is 0 Å². The summed E-state index contributed by atoms with van der Waals surface area (Å²) in [6.45, 7) is 0. The van der Waals surface area contributed by atoms with E-state index in [9.17, 15) is 14.9 Å². The van der Waals surface area contributed by atoms with Crippen molar-refractivity contribution in [3.8, 4) is 0 Å². The van der Waals surface area contributed by atoms with Crippen LogP contribution in [-0.4, -0.2) is 26.7 Å². The van der Waals surface area contributed by atoms with E-state index in [1.54, 1.807) is 18.2 Å². The van der Waals surface area contributed by atoms with Crippen LogP contribution in [0.1, 0.15) is 0 Å². The maximum Gasteiger partial charge on any atom is 0.313 e. The van der Waals surface area contributed by atoms with Gasteiger partial charge in [0.2, 0.25) is 0 Å². The number of pyridine rings is 1. The molecule has 0 radical (unpaired) electrons. The quantitative estimate of drug-likeness (QED) is 0.521. The third kappa shape index (κ3) is 3.02. The molecule has 0 unspecified atom stereocenters. The Labute approximate surface area is 120 Å². The molecule has 1 aromatic carbocycles. The normalized spacial score (nSPS) is 10.6. The number of nitrogens with zero attached hydrogens (tertiary/aromatic N) is 2. The van der Waals surface area contributed by atoms with Crippen molar-refractivity contribution in [2.75, 3.05) is 5.75 Å². The molecule has 1 aromatic heterocycles. The van der Waals surface area contributed by atoms with Gasteiger partial charge in [0.15, 0.2) is 0 Å². The summed E-state index contributed by atoms with van der Waals surface area (Å²) in [5.74, 6) is -1.27. The van der Waals surface area contributed by atoms with E-state index in [0.29, 0.717) is 15.8 Å². The lowest BCUT2D eigenvalue weighted by atomic mass is 10.2. The number of carboxylic acid groups (broad SMARTS) is 1. The number of thioether (sulfide) groups is 1. The lowest BCUT2D eigenvalue weighted by Crippen LogP contribution is -2.00. The fourth-order valence-corrected chi connectivity index (χ4v) is 2.77. The largest absolute Gasteiger partial charge is 0.481 e.